The van der Waals surface area contributed by atoms with Gasteiger partial charge in [-0.3, -0.25) is 0 Å². The van der Waals surface area contributed by atoms with Crippen LogP contribution in [0.3, 0.4) is 0 Å². The molecule has 1 aromatic carbocycles. The normalized spacial score (nSPS) is 12.4. The molecule has 0 saturated heterocycles. The number of carbonyl (C=O) groups is 1. The quantitative estimate of drug-likeness (QED) is 0.805. The molecule has 3 nitrogen and oxygen atoms in total. The number of halogens is 3. The Bertz CT molecular complexity index is 449. The summed E-state index contributed by atoms with van der Waals surface area (Å²) in [7, 11) is 0. The van der Waals surface area contributed by atoms with Gasteiger partial charge in [0.1, 0.15) is 0 Å². The van der Waals surface area contributed by atoms with Crippen molar-refractivity contribution >= 4 is 11.7 Å². The van der Waals surface area contributed by atoms with Gasteiger partial charge in [-0.05, 0) is 25.0 Å². The SMILES string of the molecule is CC(C)C(C)NC(=O)Nc1ccc(F)c(F)c1F. The van der Waals surface area contributed by atoms with Crippen molar-refractivity contribution in [3.05, 3.63) is 29.6 Å². The number of hydrogen-bond acceptors (Lipinski definition) is 1. The van der Waals surface area contributed by atoms with Crippen LogP contribution in [0.4, 0.5) is 23.7 Å². The molecule has 0 aliphatic heterocycles. The van der Waals surface area contributed by atoms with E-state index in [2.05, 4.69) is 10.6 Å². The molecule has 100 valence electrons. The van der Waals surface area contributed by atoms with Crippen LogP contribution in [0.5, 0.6) is 0 Å². The van der Waals surface area contributed by atoms with Gasteiger partial charge in [0.25, 0.3) is 0 Å². The van der Waals surface area contributed by atoms with E-state index in [1.165, 1.54) is 0 Å². The third-order valence-electron chi connectivity index (χ3n) is 2.64. The van der Waals surface area contributed by atoms with Crippen molar-refractivity contribution in [3.63, 3.8) is 0 Å². The molecule has 0 fully saturated rings. The van der Waals surface area contributed by atoms with E-state index >= 15 is 0 Å². The van der Waals surface area contributed by atoms with Gasteiger partial charge in [0, 0.05) is 6.04 Å². The van der Waals surface area contributed by atoms with Crippen LogP contribution in [-0.4, -0.2) is 12.1 Å². The highest BCUT2D eigenvalue weighted by Crippen LogP contribution is 2.19. The van der Waals surface area contributed by atoms with Crippen LogP contribution >= 0.6 is 0 Å². The third kappa shape index (κ3) is 3.38. The Labute approximate surface area is 103 Å². The zero-order chi connectivity index (χ0) is 13.9. The number of nitrogens with one attached hydrogen (secondary N) is 2. The van der Waals surface area contributed by atoms with Crippen LogP contribution in [0.1, 0.15) is 20.8 Å². The smallest absolute Gasteiger partial charge is 0.319 e. The van der Waals surface area contributed by atoms with E-state index < -0.39 is 29.2 Å². The molecule has 0 heterocycles. The summed E-state index contributed by atoms with van der Waals surface area (Å²) in [5, 5.41) is 4.69. The molecule has 2 amide bonds. The Hall–Kier alpha value is -1.72. The average Bonchev–Trinajstić information content (AvgIpc) is 2.29. The molecule has 1 aromatic rings. The summed E-state index contributed by atoms with van der Waals surface area (Å²) in [6.45, 7) is 5.60. The number of benzene rings is 1. The maximum Gasteiger partial charge on any atom is 0.319 e. The minimum atomic E-state index is -1.61. The fourth-order valence-corrected chi connectivity index (χ4v) is 1.15. The predicted molar refractivity (Wildman–Crippen MR) is 62.8 cm³/mol. The van der Waals surface area contributed by atoms with Gasteiger partial charge in [-0.15, -0.1) is 0 Å². The first-order valence-corrected chi connectivity index (χ1v) is 5.54. The lowest BCUT2D eigenvalue weighted by Gasteiger charge is -2.18. The van der Waals surface area contributed by atoms with Gasteiger partial charge in [0.05, 0.1) is 5.69 Å². The van der Waals surface area contributed by atoms with Gasteiger partial charge in [-0.2, -0.15) is 0 Å². The molecule has 1 rings (SSSR count). The average molecular weight is 260 g/mol. The molecule has 0 aliphatic carbocycles. The first-order chi connectivity index (χ1) is 8.32. The van der Waals surface area contributed by atoms with Gasteiger partial charge in [0.2, 0.25) is 0 Å². The summed E-state index contributed by atoms with van der Waals surface area (Å²) < 4.78 is 38.8. The van der Waals surface area contributed by atoms with Crippen LogP contribution in [0.2, 0.25) is 0 Å². The Morgan fingerprint density at radius 2 is 1.72 bits per heavy atom. The summed E-state index contributed by atoms with van der Waals surface area (Å²) in [5.41, 5.74) is -0.401. The Balaban J connectivity index is 2.74. The highest BCUT2D eigenvalue weighted by Gasteiger charge is 2.16. The molecule has 6 heteroatoms. The van der Waals surface area contributed by atoms with Gasteiger partial charge < -0.3 is 10.6 Å². The zero-order valence-corrected chi connectivity index (χ0v) is 10.4. The monoisotopic (exact) mass is 260 g/mol. The van der Waals surface area contributed by atoms with Crippen LogP contribution in [-0.2, 0) is 0 Å². The summed E-state index contributed by atoms with van der Waals surface area (Å²) in [5.74, 6) is -4.12. The van der Waals surface area contributed by atoms with E-state index in [1.807, 2.05) is 13.8 Å². The van der Waals surface area contributed by atoms with Crippen LogP contribution < -0.4 is 10.6 Å². The zero-order valence-electron chi connectivity index (χ0n) is 10.4. The van der Waals surface area contributed by atoms with Crippen molar-refractivity contribution in [2.24, 2.45) is 5.92 Å². The summed E-state index contributed by atoms with van der Waals surface area (Å²) in [6.07, 6.45) is 0. The van der Waals surface area contributed by atoms with Crippen molar-refractivity contribution < 1.29 is 18.0 Å². The molecule has 0 radical (unpaired) electrons. The van der Waals surface area contributed by atoms with Crippen LogP contribution in [0.15, 0.2) is 12.1 Å². The van der Waals surface area contributed by atoms with E-state index in [1.54, 1.807) is 6.92 Å². The standard InChI is InChI=1S/C12H15F3N2O/c1-6(2)7(3)16-12(18)17-9-5-4-8(13)10(14)11(9)15/h4-7H,1-3H3,(H2,16,17,18). The van der Waals surface area contributed by atoms with E-state index in [9.17, 15) is 18.0 Å². The number of hydrogen-bond donors (Lipinski definition) is 2. The van der Waals surface area contributed by atoms with Crippen LogP contribution in [0, 0.1) is 23.4 Å². The number of anilines is 1. The molecule has 1 unspecified atom stereocenters. The molecule has 0 saturated carbocycles. The second-order valence-electron chi connectivity index (χ2n) is 4.35. The minimum absolute atomic E-state index is 0.127. The first-order valence-electron chi connectivity index (χ1n) is 5.54. The molecule has 18 heavy (non-hydrogen) atoms. The Kier molecular flexibility index (Phi) is 4.58. The second-order valence-corrected chi connectivity index (χ2v) is 4.35. The highest BCUT2D eigenvalue weighted by molar-refractivity contribution is 5.89. The summed E-state index contributed by atoms with van der Waals surface area (Å²) >= 11 is 0. The van der Waals surface area contributed by atoms with Gasteiger partial charge in [-0.25, -0.2) is 18.0 Å². The highest BCUT2D eigenvalue weighted by atomic mass is 19.2. The maximum absolute atomic E-state index is 13.3. The van der Waals surface area contributed by atoms with Crippen molar-refractivity contribution in [3.8, 4) is 0 Å². The largest absolute Gasteiger partial charge is 0.335 e. The summed E-state index contributed by atoms with van der Waals surface area (Å²) in [6, 6.07) is 0.923. The second kappa shape index (κ2) is 5.75. The molecular weight excluding hydrogens is 245 g/mol. The fraction of sp³-hybridized carbons (Fsp3) is 0.417. The van der Waals surface area contributed by atoms with E-state index in [4.69, 9.17) is 0 Å². The van der Waals surface area contributed by atoms with Crippen molar-refractivity contribution in [2.75, 3.05) is 5.32 Å². The maximum atomic E-state index is 13.3. The Morgan fingerprint density at radius 1 is 1.11 bits per heavy atom. The molecular formula is C12H15F3N2O. The molecule has 0 aliphatic rings. The Morgan fingerprint density at radius 3 is 2.28 bits per heavy atom. The minimum Gasteiger partial charge on any atom is -0.335 e. The number of rotatable bonds is 3. The van der Waals surface area contributed by atoms with E-state index in [0.717, 1.165) is 12.1 Å². The lowest BCUT2D eigenvalue weighted by Crippen LogP contribution is -2.39. The summed E-state index contributed by atoms with van der Waals surface area (Å²) in [4.78, 5) is 11.5. The molecule has 1 atom stereocenters. The predicted octanol–water partition coefficient (Wildman–Crippen LogP) is 3.27. The number of amides is 2. The third-order valence-corrected chi connectivity index (χ3v) is 2.64. The van der Waals surface area contributed by atoms with E-state index in [0.29, 0.717) is 0 Å². The first kappa shape index (κ1) is 14.3. The lowest BCUT2D eigenvalue weighted by molar-refractivity contribution is 0.246. The topological polar surface area (TPSA) is 41.1 Å². The molecule has 0 aromatic heterocycles. The number of carbonyl (C=O) groups excluding carboxylic acids is 1. The number of urea groups is 1. The van der Waals surface area contributed by atoms with Crippen molar-refractivity contribution in [2.45, 2.75) is 26.8 Å². The van der Waals surface area contributed by atoms with Crippen molar-refractivity contribution in [1.29, 1.82) is 0 Å². The van der Waals surface area contributed by atoms with Crippen LogP contribution in [0.25, 0.3) is 0 Å². The molecule has 0 bridgehead atoms. The fourth-order valence-electron chi connectivity index (χ4n) is 1.15. The molecule has 0 spiro atoms. The van der Waals surface area contributed by atoms with Gasteiger partial charge >= 0.3 is 6.03 Å². The molecule has 2 N–H and O–H groups in total. The lowest BCUT2D eigenvalue weighted by atomic mass is 10.1. The van der Waals surface area contributed by atoms with Gasteiger partial charge in [0.15, 0.2) is 17.5 Å². The van der Waals surface area contributed by atoms with E-state index in [-0.39, 0.29) is 12.0 Å². The van der Waals surface area contributed by atoms with Crippen molar-refractivity contribution in [1.82, 2.24) is 5.32 Å². The van der Waals surface area contributed by atoms with Gasteiger partial charge in [-0.1, -0.05) is 13.8 Å².